The van der Waals surface area contributed by atoms with E-state index in [1.54, 1.807) is 43.3 Å². The maximum atomic E-state index is 12.3. The van der Waals surface area contributed by atoms with Gasteiger partial charge in [0.05, 0.1) is 5.25 Å². The third kappa shape index (κ3) is 4.50. The van der Waals surface area contributed by atoms with Crippen LogP contribution in [0.25, 0.3) is 11.3 Å². The van der Waals surface area contributed by atoms with Crippen LogP contribution in [0.2, 0.25) is 5.02 Å². The van der Waals surface area contributed by atoms with Gasteiger partial charge < -0.3 is 5.32 Å². The Hall–Kier alpha value is -2.64. The number of hydrogen-bond acceptors (Lipinski definition) is 5. The zero-order chi connectivity index (χ0) is 18.5. The minimum atomic E-state index is -0.474. The van der Waals surface area contributed by atoms with Crippen LogP contribution in [-0.4, -0.2) is 26.3 Å². The molecule has 0 saturated carbocycles. The maximum Gasteiger partial charge on any atom is 0.278 e. The van der Waals surface area contributed by atoms with Crippen molar-refractivity contribution in [3.05, 3.63) is 70.0 Å². The van der Waals surface area contributed by atoms with Crippen LogP contribution in [0.15, 0.2) is 64.5 Å². The topological polar surface area (TPSA) is 87.7 Å². The second-order valence-electron chi connectivity index (χ2n) is 5.43. The van der Waals surface area contributed by atoms with Gasteiger partial charge in [0.25, 0.3) is 5.56 Å². The first-order chi connectivity index (χ1) is 12.5. The van der Waals surface area contributed by atoms with Crippen LogP contribution in [0.1, 0.15) is 6.92 Å². The fourth-order valence-corrected chi connectivity index (χ4v) is 3.02. The first-order valence-corrected chi connectivity index (χ1v) is 9.04. The van der Waals surface area contributed by atoms with E-state index in [1.165, 1.54) is 0 Å². The lowest BCUT2D eigenvalue weighted by molar-refractivity contribution is -0.115. The number of rotatable bonds is 5. The summed E-state index contributed by atoms with van der Waals surface area (Å²) >= 11 is 6.95. The number of hydrogen-bond donors (Lipinski definition) is 2. The van der Waals surface area contributed by atoms with Crippen LogP contribution in [0.3, 0.4) is 0 Å². The summed E-state index contributed by atoms with van der Waals surface area (Å²) in [5.74, 6) is -0.216. The normalized spacial score (nSPS) is 11.8. The van der Waals surface area contributed by atoms with E-state index >= 15 is 0 Å². The molecule has 1 aromatic heterocycles. The number of nitrogens with zero attached hydrogens (tertiary/aromatic N) is 2. The van der Waals surface area contributed by atoms with E-state index in [2.05, 4.69) is 20.5 Å². The molecule has 132 valence electrons. The SMILES string of the molecule is CC(Sc1nnc(-c2ccccc2)c(=O)[nH]1)C(=O)Nc1ccc(Cl)cc1. The molecule has 0 bridgehead atoms. The molecule has 3 aromatic rings. The van der Waals surface area contributed by atoms with Crippen LogP contribution in [0, 0.1) is 0 Å². The predicted octanol–water partition coefficient (Wildman–Crippen LogP) is 3.60. The van der Waals surface area contributed by atoms with Gasteiger partial charge in [0.2, 0.25) is 5.91 Å². The van der Waals surface area contributed by atoms with Crippen molar-refractivity contribution in [2.24, 2.45) is 0 Å². The van der Waals surface area contributed by atoms with Crippen LogP contribution in [-0.2, 0) is 4.79 Å². The Morgan fingerprint density at radius 2 is 1.81 bits per heavy atom. The van der Waals surface area contributed by atoms with Gasteiger partial charge in [0.1, 0.15) is 0 Å². The van der Waals surface area contributed by atoms with E-state index in [0.717, 1.165) is 11.8 Å². The summed E-state index contributed by atoms with van der Waals surface area (Å²) in [5.41, 5.74) is 1.23. The number of aromatic amines is 1. The van der Waals surface area contributed by atoms with Crippen LogP contribution >= 0.6 is 23.4 Å². The molecule has 26 heavy (non-hydrogen) atoms. The van der Waals surface area contributed by atoms with Gasteiger partial charge in [-0.05, 0) is 31.2 Å². The maximum absolute atomic E-state index is 12.3. The van der Waals surface area contributed by atoms with E-state index in [9.17, 15) is 9.59 Å². The molecule has 0 aliphatic rings. The number of carbonyl (C=O) groups is 1. The van der Waals surface area contributed by atoms with Gasteiger partial charge in [-0.25, -0.2) is 0 Å². The van der Waals surface area contributed by atoms with Crippen molar-refractivity contribution >= 4 is 35.0 Å². The predicted molar refractivity (Wildman–Crippen MR) is 103 cm³/mol. The number of amides is 1. The number of thioether (sulfide) groups is 1. The Morgan fingerprint density at radius 3 is 2.46 bits per heavy atom. The second-order valence-corrected chi connectivity index (χ2v) is 7.20. The highest BCUT2D eigenvalue weighted by Gasteiger charge is 2.17. The van der Waals surface area contributed by atoms with Crippen molar-refractivity contribution in [1.29, 1.82) is 0 Å². The molecule has 0 aliphatic heterocycles. The van der Waals surface area contributed by atoms with Crippen molar-refractivity contribution in [2.75, 3.05) is 5.32 Å². The fourth-order valence-electron chi connectivity index (χ4n) is 2.16. The fraction of sp³-hybridized carbons (Fsp3) is 0.111. The minimum Gasteiger partial charge on any atom is -0.325 e. The quantitative estimate of drug-likeness (QED) is 0.654. The molecule has 3 rings (SSSR count). The van der Waals surface area contributed by atoms with Crippen LogP contribution < -0.4 is 10.9 Å². The van der Waals surface area contributed by atoms with E-state index in [-0.39, 0.29) is 22.3 Å². The van der Waals surface area contributed by atoms with Crippen LogP contribution in [0.5, 0.6) is 0 Å². The standard InChI is InChI=1S/C18H15ClN4O2S/c1-11(16(24)20-14-9-7-13(19)8-10-14)26-18-21-17(25)15(22-23-18)12-5-3-2-4-6-12/h2-11H,1H3,(H,20,24)(H,21,23,25). The summed E-state index contributed by atoms with van der Waals surface area (Å²) in [4.78, 5) is 27.2. The highest BCUT2D eigenvalue weighted by Crippen LogP contribution is 2.21. The van der Waals surface area contributed by atoms with E-state index < -0.39 is 5.25 Å². The average molecular weight is 387 g/mol. The molecule has 2 aromatic carbocycles. The molecule has 0 fully saturated rings. The zero-order valence-electron chi connectivity index (χ0n) is 13.8. The molecule has 1 atom stereocenters. The smallest absolute Gasteiger partial charge is 0.278 e. The number of H-pyrrole nitrogens is 1. The highest BCUT2D eigenvalue weighted by molar-refractivity contribution is 8.00. The van der Waals surface area contributed by atoms with E-state index in [1.807, 2.05) is 18.2 Å². The van der Waals surface area contributed by atoms with Gasteiger partial charge in [0.15, 0.2) is 10.9 Å². The van der Waals surface area contributed by atoms with Gasteiger partial charge in [-0.15, -0.1) is 10.2 Å². The lowest BCUT2D eigenvalue weighted by atomic mass is 10.2. The molecule has 2 N–H and O–H groups in total. The largest absolute Gasteiger partial charge is 0.325 e. The zero-order valence-corrected chi connectivity index (χ0v) is 15.3. The molecule has 0 saturated heterocycles. The Bertz CT molecular complexity index is 961. The van der Waals surface area contributed by atoms with Gasteiger partial charge >= 0.3 is 0 Å². The number of benzene rings is 2. The molecular weight excluding hydrogens is 372 g/mol. The number of halogens is 1. The average Bonchev–Trinajstić information content (AvgIpc) is 2.64. The molecule has 0 spiro atoms. The summed E-state index contributed by atoms with van der Waals surface area (Å²) in [5, 5.41) is 11.2. The van der Waals surface area contributed by atoms with Crippen molar-refractivity contribution < 1.29 is 4.79 Å². The summed E-state index contributed by atoms with van der Waals surface area (Å²) in [6, 6.07) is 15.9. The monoisotopic (exact) mass is 386 g/mol. The molecule has 1 unspecified atom stereocenters. The second kappa shape index (κ2) is 8.16. The van der Waals surface area contributed by atoms with Gasteiger partial charge in [0, 0.05) is 16.3 Å². The Kier molecular flexibility index (Phi) is 5.70. The van der Waals surface area contributed by atoms with Crippen LogP contribution in [0.4, 0.5) is 5.69 Å². The number of nitrogens with one attached hydrogen (secondary N) is 2. The number of anilines is 1. The first-order valence-electron chi connectivity index (χ1n) is 7.78. The molecular formula is C18H15ClN4O2S. The Labute approximate surface area is 159 Å². The first kappa shape index (κ1) is 18.2. The summed E-state index contributed by atoms with van der Waals surface area (Å²) in [7, 11) is 0. The van der Waals surface area contributed by atoms with Crippen molar-refractivity contribution in [3.63, 3.8) is 0 Å². The Morgan fingerprint density at radius 1 is 1.12 bits per heavy atom. The third-order valence-corrected chi connectivity index (χ3v) is 4.72. The lowest BCUT2D eigenvalue weighted by Crippen LogP contribution is -2.23. The van der Waals surface area contributed by atoms with Crippen molar-refractivity contribution in [3.8, 4) is 11.3 Å². The van der Waals surface area contributed by atoms with Gasteiger partial charge in [-0.3, -0.25) is 14.6 Å². The molecule has 0 aliphatic carbocycles. The summed E-state index contributed by atoms with van der Waals surface area (Å²) in [6.07, 6.45) is 0. The number of aromatic nitrogens is 3. The molecule has 0 radical (unpaired) electrons. The highest BCUT2D eigenvalue weighted by atomic mass is 35.5. The van der Waals surface area contributed by atoms with Gasteiger partial charge in [-0.1, -0.05) is 53.7 Å². The molecule has 1 heterocycles. The minimum absolute atomic E-state index is 0.216. The molecule has 6 nitrogen and oxygen atoms in total. The Balaban J connectivity index is 1.68. The third-order valence-electron chi connectivity index (χ3n) is 3.49. The number of carbonyl (C=O) groups excluding carboxylic acids is 1. The van der Waals surface area contributed by atoms with Crippen molar-refractivity contribution in [1.82, 2.24) is 15.2 Å². The molecule has 1 amide bonds. The lowest BCUT2D eigenvalue weighted by Gasteiger charge is -2.11. The van der Waals surface area contributed by atoms with Crippen molar-refractivity contribution in [2.45, 2.75) is 17.3 Å². The summed E-state index contributed by atoms with van der Waals surface area (Å²) in [6.45, 7) is 1.72. The molecule has 8 heteroatoms. The summed E-state index contributed by atoms with van der Waals surface area (Å²) < 4.78 is 0. The van der Waals surface area contributed by atoms with Gasteiger partial charge in [-0.2, -0.15) is 0 Å². The van der Waals surface area contributed by atoms with E-state index in [4.69, 9.17) is 11.6 Å². The van der Waals surface area contributed by atoms with E-state index in [0.29, 0.717) is 16.3 Å².